The summed E-state index contributed by atoms with van der Waals surface area (Å²) >= 11 is 0. The first-order valence-corrected chi connectivity index (χ1v) is 5.16. The zero-order chi connectivity index (χ0) is 10.8. The molecule has 0 aliphatic carbocycles. The van der Waals surface area contributed by atoms with E-state index in [9.17, 15) is 4.79 Å². The lowest BCUT2D eigenvalue weighted by Crippen LogP contribution is -2.29. The molecule has 0 aromatic carbocycles. The summed E-state index contributed by atoms with van der Waals surface area (Å²) in [7, 11) is 1.62. The van der Waals surface area contributed by atoms with Crippen LogP contribution in [0.2, 0.25) is 0 Å². The monoisotopic (exact) mass is 202 g/mol. The summed E-state index contributed by atoms with van der Waals surface area (Å²) in [6.07, 6.45) is 1.47. The highest BCUT2D eigenvalue weighted by molar-refractivity contribution is 5.75. The first kappa shape index (κ1) is 13.4. The van der Waals surface area contributed by atoms with Crippen molar-refractivity contribution < 1.29 is 9.53 Å². The summed E-state index contributed by atoms with van der Waals surface area (Å²) in [6, 6.07) is 0.492. The molecule has 0 rings (SSSR count). The smallest absolute Gasteiger partial charge is 0.220 e. The lowest BCUT2D eigenvalue weighted by molar-refractivity contribution is -0.121. The second-order valence-corrected chi connectivity index (χ2v) is 3.56. The number of rotatable bonds is 8. The molecular formula is C10H22N2O2. The van der Waals surface area contributed by atoms with E-state index in [1.807, 2.05) is 0 Å². The minimum Gasteiger partial charge on any atom is -0.383 e. The number of carbonyl (C=O) groups is 1. The molecule has 0 fully saturated rings. The van der Waals surface area contributed by atoms with E-state index in [1.165, 1.54) is 0 Å². The van der Waals surface area contributed by atoms with Crippen LogP contribution in [0.1, 0.15) is 26.7 Å². The SMILES string of the molecule is COCCNC(=O)CCCNC(C)C. The predicted octanol–water partition coefficient (Wildman–Crippen LogP) is 0.527. The van der Waals surface area contributed by atoms with Crippen LogP contribution in [-0.2, 0) is 9.53 Å². The molecule has 14 heavy (non-hydrogen) atoms. The van der Waals surface area contributed by atoms with Crippen molar-refractivity contribution in [2.24, 2.45) is 0 Å². The molecule has 4 nitrogen and oxygen atoms in total. The van der Waals surface area contributed by atoms with Gasteiger partial charge in [-0.15, -0.1) is 0 Å². The van der Waals surface area contributed by atoms with Crippen molar-refractivity contribution in [1.82, 2.24) is 10.6 Å². The van der Waals surface area contributed by atoms with Crippen LogP contribution in [0.4, 0.5) is 0 Å². The number of nitrogens with one attached hydrogen (secondary N) is 2. The van der Waals surface area contributed by atoms with Crippen molar-refractivity contribution in [1.29, 1.82) is 0 Å². The van der Waals surface area contributed by atoms with Gasteiger partial charge in [0, 0.05) is 26.1 Å². The fraction of sp³-hybridized carbons (Fsp3) is 0.900. The van der Waals surface area contributed by atoms with Crippen molar-refractivity contribution in [2.75, 3.05) is 26.8 Å². The molecule has 0 radical (unpaired) electrons. The molecule has 2 N–H and O–H groups in total. The van der Waals surface area contributed by atoms with Gasteiger partial charge >= 0.3 is 0 Å². The standard InChI is InChI=1S/C10H22N2O2/c1-9(2)11-6-4-5-10(13)12-7-8-14-3/h9,11H,4-8H2,1-3H3,(H,12,13). The topological polar surface area (TPSA) is 50.4 Å². The van der Waals surface area contributed by atoms with Gasteiger partial charge in [-0.3, -0.25) is 4.79 Å². The Morgan fingerprint density at radius 3 is 2.64 bits per heavy atom. The maximum absolute atomic E-state index is 11.2. The van der Waals surface area contributed by atoms with Crippen molar-refractivity contribution in [2.45, 2.75) is 32.7 Å². The van der Waals surface area contributed by atoms with Gasteiger partial charge in [0.25, 0.3) is 0 Å². The van der Waals surface area contributed by atoms with Crippen molar-refractivity contribution in [3.05, 3.63) is 0 Å². The second kappa shape index (κ2) is 8.97. The van der Waals surface area contributed by atoms with E-state index >= 15 is 0 Å². The van der Waals surface area contributed by atoms with Gasteiger partial charge in [-0.25, -0.2) is 0 Å². The minimum absolute atomic E-state index is 0.104. The summed E-state index contributed by atoms with van der Waals surface area (Å²) in [5.74, 6) is 0.104. The molecule has 4 heteroatoms. The maximum atomic E-state index is 11.2. The molecule has 0 aromatic heterocycles. The molecule has 1 amide bonds. The Labute approximate surface area is 86.4 Å². The van der Waals surface area contributed by atoms with Crippen LogP contribution in [0.3, 0.4) is 0 Å². The Bertz CT molecular complexity index is 149. The quantitative estimate of drug-likeness (QED) is 0.564. The average Bonchev–Trinajstić information content (AvgIpc) is 2.13. The lowest BCUT2D eigenvalue weighted by Gasteiger charge is -2.07. The molecule has 0 heterocycles. The van der Waals surface area contributed by atoms with Crippen molar-refractivity contribution >= 4 is 5.91 Å². The van der Waals surface area contributed by atoms with Crippen LogP contribution in [-0.4, -0.2) is 38.8 Å². The molecule has 0 aromatic rings. The molecule has 0 saturated carbocycles. The van der Waals surface area contributed by atoms with Crippen LogP contribution in [0.5, 0.6) is 0 Å². The van der Waals surface area contributed by atoms with Gasteiger partial charge < -0.3 is 15.4 Å². The van der Waals surface area contributed by atoms with Gasteiger partial charge in [0.1, 0.15) is 0 Å². The molecule has 0 aliphatic heterocycles. The van der Waals surface area contributed by atoms with Crippen LogP contribution in [0, 0.1) is 0 Å². The molecule has 0 aliphatic rings. The molecule has 0 atom stereocenters. The molecule has 0 bridgehead atoms. The highest BCUT2D eigenvalue weighted by Gasteiger charge is 1.99. The first-order valence-electron chi connectivity index (χ1n) is 5.16. The lowest BCUT2D eigenvalue weighted by atomic mass is 10.3. The third-order valence-corrected chi connectivity index (χ3v) is 1.76. The van der Waals surface area contributed by atoms with Gasteiger partial charge in [-0.2, -0.15) is 0 Å². The van der Waals surface area contributed by atoms with Crippen molar-refractivity contribution in [3.8, 4) is 0 Å². The Balaban J connectivity index is 3.18. The largest absolute Gasteiger partial charge is 0.383 e. The summed E-state index contributed by atoms with van der Waals surface area (Å²) in [6.45, 7) is 6.27. The highest BCUT2D eigenvalue weighted by Crippen LogP contribution is 1.88. The molecular weight excluding hydrogens is 180 g/mol. The van der Waals surface area contributed by atoms with Crippen molar-refractivity contribution in [3.63, 3.8) is 0 Å². The Hall–Kier alpha value is -0.610. The van der Waals surface area contributed by atoms with E-state index in [4.69, 9.17) is 4.74 Å². The van der Waals surface area contributed by atoms with Crippen LogP contribution in [0.25, 0.3) is 0 Å². The van der Waals surface area contributed by atoms with E-state index in [2.05, 4.69) is 24.5 Å². The number of ether oxygens (including phenoxy) is 1. The van der Waals surface area contributed by atoms with E-state index < -0.39 is 0 Å². The predicted molar refractivity (Wildman–Crippen MR) is 57.3 cm³/mol. The minimum atomic E-state index is 0.104. The van der Waals surface area contributed by atoms with Gasteiger partial charge in [-0.05, 0) is 13.0 Å². The Morgan fingerprint density at radius 2 is 2.07 bits per heavy atom. The normalized spacial score (nSPS) is 10.6. The zero-order valence-electron chi connectivity index (χ0n) is 9.43. The summed E-state index contributed by atoms with van der Waals surface area (Å²) < 4.78 is 4.82. The van der Waals surface area contributed by atoms with E-state index in [-0.39, 0.29) is 5.91 Å². The molecule has 0 saturated heterocycles. The third-order valence-electron chi connectivity index (χ3n) is 1.76. The zero-order valence-corrected chi connectivity index (χ0v) is 9.43. The van der Waals surface area contributed by atoms with Gasteiger partial charge in [0.05, 0.1) is 6.61 Å². The van der Waals surface area contributed by atoms with Gasteiger partial charge in [0.2, 0.25) is 5.91 Å². The van der Waals surface area contributed by atoms with Gasteiger partial charge in [-0.1, -0.05) is 13.8 Å². The van der Waals surface area contributed by atoms with E-state index in [0.717, 1.165) is 13.0 Å². The van der Waals surface area contributed by atoms with Gasteiger partial charge in [0.15, 0.2) is 0 Å². The number of methoxy groups -OCH3 is 1. The molecule has 0 unspecified atom stereocenters. The van der Waals surface area contributed by atoms with E-state index in [1.54, 1.807) is 7.11 Å². The highest BCUT2D eigenvalue weighted by atomic mass is 16.5. The Kier molecular flexibility index (Phi) is 8.57. The molecule has 0 spiro atoms. The average molecular weight is 202 g/mol. The number of hydrogen-bond donors (Lipinski definition) is 2. The third kappa shape index (κ3) is 9.48. The van der Waals surface area contributed by atoms with E-state index in [0.29, 0.717) is 25.6 Å². The van der Waals surface area contributed by atoms with Crippen LogP contribution >= 0.6 is 0 Å². The second-order valence-electron chi connectivity index (χ2n) is 3.56. The maximum Gasteiger partial charge on any atom is 0.220 e. The Morgan fingerprint density at radius 1 is 1.36 bits per heavy atom. The molecule has 84 valence electrons. The number of amides is 1. The fourth-order valence-electron chi connectivity index (χ4n) is 1.02. The van der Waals surface area contributed by atoms with Crippen LogP contribution < -0.4 is 10.6 Å². The number of carbonyl (C=O) groups excluding carboxylic acids is 1. The first-order chi connectivity index (χ1) is 6.66. The summed E-state index contributed by atoms with van der Waals surface area (Å²) in [4.78, 5) is 11.2. The fourth-order valence-corrected chi connectivity index (χ4v) is 1.02. The summed E-state index contributed by atoms with van der Waals surface area (Å²) in [5, 5.41) is 6.04. The summed E-state index contributed by atoms with van der Waals surface area (Å²) in [5.41, 5.74) is 0. The van der Waals surface area contributed by atoms with Crippen LogP contribution in [0.15, 0.2) is 0 Å². The number of hydrogen-bond acceptors (Lipinski definition) is 3.